The molecule has 0 aliphatic heterocycles. The minimum absolute atomic E-state index is 0.452. The molecule has 3 N–H and O–H groups in total. The van der Waals surface area contributed by atoms with Gasteiger partial charge in [0, 0.05) is 6.42 Å². The molecular weight excluding hydrogens is 404 g/mol. The molecule has 2 unspecified atom stereocenters. The zero-order valence-corrected chi connectivity index (χ0v) is 15.7. The van der Waals surface area contributed by atoms with Gasteiger partial charge >= 0.3 is 23.7 Å². The third-order valence-corrected chi connectivity index (χ3v) is 3.05. The molecule has 0 fully saturated rings. The Hall–Kier alpha value is -3.22. The largest absolute Gasteiger partial charge is 0.480 e. The highest BCUT2D eigenvalue weighted by atomic mass is 35.5. The molecule has 154 valence electrons. The lowest BCUT2D eigenvalue weighted by molar-refractivity contribution is -0.386. The molecular formula is C14H17ClN4O9. The highest BCUT2D eigenvalue weighted by Crippen LogP contribution is 2.26. The van der Waals surface area contributed by atoms with Crippen molar-refractivity contribution in [1.82, 2.24) is 15.3 Å². The van der Waals surface area contributed by atoms with Gasteiger partial charge in [-0.1, -0.05) is 0 Å². The van der Waals surface area contributed by atoms with Gasteiger partial charge in [-0.3, -0.25) is 10.1 Å². The molecule has 0 aliphatic carbocycles. The maximum Gasteiger partial charge on any atom is 0.408 e. The van der Waals surface area contributed by atoms with Crippen LogP contribution in [0.15, 0.2) is 6.20 Å². The van der Waals surface area contributed by atoms with E-state index in [1.54, 1.807) is 20.8 Å². The van der Waals surface area contributed by atoms with Gasteiger partial charge in [0.05, 0.1) is 4.92 Å². The first-order valence-electron chi connectivity index (χ1n) is 7.59. The van der Waals surface area contributed by atoms with Crippen molar-refractivity contribution in [1.29, 1.82) is 0 Å². The maximum atomic E-state index is 11.8. The lowest BCUT2D eigenvalue weighted by Crippen LogP contribution is -2.47. The van der Waals surface area contributed by atoms with Gasteiger partial charge in [0.2, 0.25) is 5.28 Å². The minimum atomic E-state index is -1.92. The fourth-order valence-corrected chi connectivity index (χ4v) is 1.90. The van der Waals surface area contributed by atoms with Crippen molar-refractivity contribution in [2.75, 3.05) is 0 Å². The average molecular weight is 421 g/mol. The number of halogens is 1. The van der Waals surface area contributed by atoms with Crippen LogP contribution in [0.2, 0.25) is 5.28 Å². The molecule has 1 amide bonds. The van der Waals surface area contributed by atoms with E-state index in [4.69, 9.17) is 21.1 Å². The van der Waals surface area contributed by atoms with Crippen molar-refractivity contribution in [3.63, 3.8) is 0 Å². The van der Waals surface area contributed by atoms with E-state index >= 15 is 0 Å². The van der Waals surface area contributed by atoms with Gasteiger partial charge in [0.25, 0.3) is 5.88 Å². The van der Waals surface area contributed by atoms with E-state index in [1.807, 2.05) is 5.32 Å². The van der Waals surface area contributed by atoms with Gasteiger partial charge in [-0.15, -0.1) is 0 Å². The number of nitro groups is 1. The van der Waals surface area contributed by atoms with E-state index in [2.05, 4.69) is 9.97 Å². The van der Waals surface area contributed by atoms with Crippen molar-refractivity contribution < 1.29 is 39.0 Å². The molecule has 14 heteroatoms. The van der Waals surface area contributed by atoms with Crippen LogP contribution in [0.3, 0.4) is 0 Å². The standard InChI is InChI=1S/C14H17ClN4O9/c1-14(2,3)28-13(24)17-6(10(20)21)4-8(11(22)23)27-9-7(19(25)26)5-16-12(15)18-9/h5-6,8H,4H2,1-3H3,(H,17,24)(H,20,21)(H,22,23). The minimum Gasteiger partial charge on any atom is -0.480 e. The van der Waals surface area contributed by atoms with Crippen LogP contribution in [0.25, 0.3) is 0 Å². The number of ether oxygens (including phenoxy) is 2. The summed E-state index contributed by atoms with van der Waals surface area (Å²) in [6.45, 7) is 4.64. The number of carboxylic acid groups (broad SMARTS) is 2. The molecule has 2 atom stereocenters. The first kappa shape index (κ1) is 22.8. The summed E-state index contributed by atoms with van der Waals surface area (Å²) in [5, 5.41) is 31.0. The zero-order valence-electron chi connectivity index (χ0n) is 14.9. The Labute approximate surface area is 162 Å². The van der Waals surface area contributed by atoms with E-state index in [1.165, 1.54) is 0 Å². The Morgan fingerprint density at radius 2 is 1.93 bits per heavy atom. The van der Waals surface area contributed by atoms with Crippen LogP contribution < -0.4 is 10.1 Å². The van der Waals surface area contributed by atoms with Crippen LogP contribution in [-0.2, 0) is 14.3 Å². The summed E-state index contributed by atoms with van der Waals surface area (Å²) in [6.07, 6.45) is -3.10. The van der Waals surface area contributed by atoms with E-state index in [-0.39, 0.29) is 0 Å². The van der Waals surface area contributed by atoms with Gasteiger partial charge in [-0.2, -0.15) is 4.98 Å². The molecule has 13 nitrogen and oxygen atoms in total. The summed E-state index contributed by atoms with van der Waals surface area (Å²) in [6, 6.07) is -1.73. The third kappa shape index (κ3) is 7.19. The molecule has 0 bridgehead atoms. The number of carbonyl (C=O) groups excluding carboxylic acids is 1. The molecule has 0 spiro atoms. The number of hydrogen-bond acceptors (Lipinski definition) is 9. The summed E-state index contributed by atoms with van der Waals surface area (Å²) in [4.78, 5) is 51.4. The van der Waals surface area contributed by atoms with Gasteiger partial charge in [0.15, 0.2) is 6.10 Å². The lowest BCUT2D eigenvalue weighted by Gasteiger charge is -2.23. The average Bonchev–Trinajstić information content (AvgIpc) is 2.50. The number of nitrogens with zero attached hydrogens (tertiary/aromatic N) is 3. The van der Waals surface area contributed by atoms with E-state index in [0.29, 0.717) is 6.20 Å². The summed E-state index contributed by atoms with van der Waals surface area (Å²) in [5.74, 6) is -3.99. The van der Waals surface area contributed by atoms with Crippen LogP contribution in [0.4, 0.5) is 10.5 Å². The SMILES string of the molecule is CC(C)(C)OC(=O)NC(CC(Oc1nc(Cl)ncc1[N+](=O)[O-])C(=O)O)C(=O)O. The van der Waals surface area contributed by atoms with Crippen molar-refractivity contribution in [3.8, 4) is 5.88 Å². The van der Waals surface area contributed by atoms with Gasteiger partial charge < -0.3 is 25.0 Å². The summed E-state index contributed by atoms with van der Waals surface area (Å²) < 4.78 is 9.90. The second-order valence-corrected chi connectivity index (χ2v) is 6.64. The Morgan fingerprint density at radius 1 is 1.32 bits per heavy atom. The number of amides is 1. The fourth-order valence-electron chi connectivity index (χ4n) is 1.77. The number of rotatable bonds is 8. The molecule has 0 saturated carbocycles. The fraction of sp³-hybridized carbons (Fsp3) is 0.500. The Balaban J connectivity index is 3.03. The summed E-state index contributed by atoms with van der Waals surface area (Å²) in [7, 11) is 0. The molecule has 0 radical (unpaired) electrons. The molecule has 28 heavy (non-hydrogen) atoms. The predicted octanol–water partition coefficient (Wildman–Crippen LogP) is 1.24. The third-order valence-electron chi connectivity index (χ3n) is 2.87. The molecule has 1 aromatic heterocycles. The zero-order chi connectivity index (χ0) is 21.6. The van der Waals surface area contributed by atoms with Crippen LogP contribution in [-0.4, -0.2) is 60.9 Å². The lowest BCUT2D eigenvalue weighted by atomic mass is 10.1. The van der Waals surface area contributed by atoms with Gasteiger partial charge in [-0.05, 0) is 32.4 Å². The van der Waals surface area contributed by atoms with E-state index < -0.39 is 64.0 Å². The first-order chi connectivity index (χ1) is 12.8. The van der Waals surface area contributed by atoms with Crippen molar-refractivity contribution >= 4 is 35.3 Å². The smallest absolute Gasteiger partial charge is 0.408 e. The number of alkyl carbamates (subject to hydrolysis) is 1. The maximum absolute atomic E-state index is 11.8. The highest BCUT2D eigenvalue weighted by molar-refractivity contribution is 6.28. The first-order valence-corrected chi connectivity index (χ1v) is 7.96. The Morgan fingerprint density at radius 3 is 2.39 bits per heavy atom. The molecule has 1 heterocycles. The molecule has 0 aliphatic rings. The number of carboxylic acids is 2. The summed E-state index contributed by atoms with van der Waals surface area (Å²) >= 11 is 5.53. The quantitative estimate of drug-likeness (QED) is 0.311. The monoisotopic (exact) mass is 420 g/mol. The van der Waals surface area contributed by atoms with Crippen molar-refractivity contribution in [3.05, 3.63) is 21.6 Å². The predicted molar refractivity (Wildman–Crippen MR) is 91.2 cm³/mol. The Kier molecular flexibility index (Phi) is 7.43. The molecule has 0 aromatic carbocycles. The van der Waals surface area contributed by atoms with Crippen LogP contribution >= 0.6 is 11.6 Å². The van der Waals surface area contributed by atoms with E-state index in [0.717, 1.165) is 0 Å². The number of nitrogens with one attached hydrogen (secondary N) is 1. The second-order valence-electron chi connectivity index (χ2n) is 6.30. The van der Waals surface area contributed by atoms with Crippen LogP contribution in [0.5, 0.6) is 5.88 Å². The number of aliphatic carboxylic acids is 2. The summed E-state index contributed by atoms with van der Waals surface area (Å²) in [5.41, 5.74) is -1.70. The van der Waals surface area contributed by atoms with Crippen LogP contribution in [0.1, 0.15) is 27.2 Å². The normalized spacial score (nSPS) is 13.1. The van der Waals surface area contributed by atoms with Crippen molar-refractivity contribution in [2.45, 2.75) is 44.9 Å². The van der Waals surface area contributed by atoms with Crippen molar-refractivity contribution in [2.24, 2.45) is 0 Å². The number of carbonyl (C=O) groups is 3. The number of aromatic nitrogens is 2. The second kappa shape index (κ2) is 9.12. The highest BCUT2D eigenvalue weighted by Gasteiger charge is 2.33. The molecule has 1 rings (SSSR count). The Bertz CT molecular complexity index is 781. The van der Waals surface area contributed by atoms with E-state index in [9.17, 15) is 34.7 Å². The molecule has 0 saturated heterocycles. The van der Waals surface area contributed by atoms with Crippen LogP contribution in [0, 0.1) is 10.1 Å². The topological polar surface area (TPSA) is 191 Å². The van der Waals surface area contributed by atoms with Gasteiger partial charge in [0.1, 0.15) is 17.8 Å². The molecule has 1 aromatic rings. The van der Waals surface area contributed by atoms with Gasteiger partial charge in [-0.25, -0.2) is 19.4 Å². The number of hydrogen-bond donors (Lipinski definition) is 3.